The molecule has 2 aromatic carbocycles. The summed E-state index contributed by atoms with van der Waals surface area (Å²) in [5.41, 5.74) is 3.70. The van der Waals surface area contributed by atoms with Crippen molar-refractivity contribution in [3.8, 4) is 33.7 Å². The van der Waals surface area contributed by atoms with E-state index in [2.05, 4.69) is 15.1 Å². The first-order valence-corrected chi connectivity index (χ1v) is 13.1. The maximum atomic E-state index is 6.12. The Morgan fingerprint density at radius 3 is 2.79 bits per heavy atom. The molecule has 6 aromatic rings. The Kier molecular flexibility index (Phi) is 5.44. The minimum atomic E-state index is 0.301. The molecule has 0 saturated carbocycles. The van der Waals surface area contributed by atoms with Crippen LogP contribution < -0.4 is 9.47 Å². The molecule has 0 spiro atoms. The summed E-state index contributed by atoms with van der Waals surface area (Å²) in [7, 11) is 1.60. The molecule has 0 amide bonds. The first kappa shape index (κ1) is 21.1. The molecular formula is C23H17N5O3S3. The first-order valence-electron chi connectivity index (χ1n) is 10.2. The summed E-state index contributed by atoms with van der Waals surface area (Å²) in [6, 6.07) is 13.7. The molecule has 6 rings (SSSR count). The van der Waals surface area contributed by atoms with Gasteiger partial charge in [0.15, 0.2) is 21.2 Å². The third-order valence-corrected chi connectivity index (χ3v) is 7.87. The molecule has 0 unspecified atom stereocenters. The topological polar surface area (TPSA) is 87.6 Å². The van der Waals surface area contributed by atoms with Crippen molar-refractivity contribution in [1.29, 1.82) is 0 Å². The fraction of sp³-hybridized carbons (Fsp3) is 0.130. The van der Waals surface area contributed by atoms with Crippen LogP contribution in [0.1, 0.15) is 5.69 Å². The van der Waals surface area contributed by atoms with Gasteiger partial charge in [0.1, 0.15) is 23.1 Å². The van der Waals surface area contributed by atoms with Crippen molar-refractivity contribution in [2.24, 2.45) is 0 Å². The molecule has 0 radical (unpaired) electrons. The van der Waals surface area contributed by atoms with Gasteiger partial charge < -0.3 is 13.9 Å². The monoisotopic (exact) mass is 507 g/mol. The maximum absolute atomic E-state index is 6.12. The molecule has 0 aliphatic rings. The molecule has 34 heavy (non-hydrogen) atoms. The van der Waals surface area contributed by atoms with Crippen molar-refractivity contribution < 1.29 is 13.9 Å². The number of thioether (sulfide) groups is 1. The minimum Gasteiger partial charge on any atom is -0.496 e. The van der Waals surface area contributed by atoms with Gasteiger partial charge in [-0.1, -0.05) is 53.4 Å². The van der Waals surface area contributed by atoms with E-state index in [9.17, 15) is 0 Å². The molecule has 11 heteroatoms. The second-order valence-corrected chi connectivity index (χ2v) is 10.1. The number of oxazole rings is 1. The molecular weight excluding hydrogens is 490 g/mol. The van der Waals surface area contributed by atoms with E-state index in [4.69, 9.17) is 18.9 Å². The minimum absolute atomic E-state index is 0.301. The molecule has 0 aliphatic carbocycles. The highest BCUT2D eigenvalue weighted by atomic mass is 32.2. The standard InChI is InChI=1S/C23H17N5O3S3/c1-29-15-8-17(30-11-14-12-33-21(24-14)13-6-4-3-5-7-13)19-18(9-15)31-20(26-19)16-10-28-22(25-16)34-23(27-28)32-2/h3-10,12H,11H2,1-2H3. The number of rotatable bonds is 7. The van der Waals surface area contributed by atoms with Crippen LogP contribution in [0.15, 0.2) is 62.8 Å². The average molecular weight is 508 g/mol. The number of fused-ring (bicyclic) bond motifs is 2. The lowest BCUT2D eigenvalue weighted by Gasteiger charge is -2.07. The number of nitrogens with zero attached hydrogens (tertiary/aromatic N) is 5. The number of hydrogen-bond acceptors (Lipinski definition) is 10. The summed E-state index contributed by atoms with van der Waals surface area (Å²) in [6.45, 7) is 0.301. The van der Waals surface area contributed by atoms with Crippen molar-refractivity contribution in [3.63, 3.8) is 0 Å². The SMILES string of the molecule is COc1cc(OCc2csc(-c3ccccc3)n2)c2nc(-c3cn4nc(SC)sc4n3)oc2c1. The Morgan fingerprint density at radius 1 is 1.12 bits per heavy atom. The molecule has 0 saturated heterocycles. The van der Waals surface area contributed by atoms with Crippen molar-refractivity contribution in [2.45, 2.75) is 10.9 Å². The quantitative estimate of drug-likeness (QED) is 0.242. The highest BCUT2D eigenvalue weighted by molar-refractivity contribution is 8.00. The molecule has 0 aliphatic heterocycles. The van der Waals surface area contributed by atoms with Crippen LogP contribution in [-0.2, 0) is 6.61 Å². The first-order chi connectivity index (χ1) is 16.7. The van der Waals surface area contributed by atoms with E-state index >= 15 is 0 Å². The van der Waals surface area contributed by atoms with Crippen LogP contribution in [0.5, 0.6) is 11.5 Å². The summed E-state index contributed by atoms with van der Waals surface area (Å²) >= 11 is 4.69. The number of thiazole rings is 1. The predicted molar refractivity (Wildman–Crippen MR) is 134 cm³/mol. The normalized spacial score (nSPS) is 11.5. The van der Waals surface area contributed by atoms with Gasteiger partial charge in [0.25, 0.3) is 0 Å². The third-order valence-electron chi connectivity index (χ3n) is 5.04. The maximum Gasteiger partial charge on any atom is 0.248 e. The highest BCUT2D eigenvalue weighted by Gasteiger charge is 2.19. The largest absolute Gasteiger partial charge is 0.496 e. The van der Waals surface area contributed by atoms with Gasteiger partial charge in [-0.15, -0.1) is 16.4 Å². The zero-order valence-electron chi connectivity index (χ0n) is 18.1. The van der Waals surface area contributed by atoms with Crippen LogP contribution in [0.3, 0.4) is 0 Å². The van der Waals surface area contributed by atoms with Crippen LogP contribution in [0.2, 0.25) is 0 Å². The van der Waals surface area contributed by atoms with E-state index < -0.39 is 0 Å². The van der Waals surface area contributed by atoms with Crippen LogP contribution >= 0.6 is 34.4 Å². The number of hydrogen-bond donors (Lipinski definition) is 0. The molecule has 4 heterocycles. The lowest BCUT2D eigenvalue weighted by atomic mass is 10.2. The van der Waals surface area contributed by atoms with Gasteiger partial charge in [-0.3, -0.25) is 0 Å². The van der Waals surface area contributed by atoms with E-state index in [1.807, 2.05) is 48.2 Å². The lowest BCUT2D eigenvalue weighted by Crippen LogP contribution is -1.97. The molecule has 0 fully saturated rings. The molecule has 0 atom stereocenters. The van der Waals surface area contributed by atoms with E-state index in [0.29, 0.717) is 40.8 Å². The smallest absolute Gasteiger partial charge is 0.248 e. The van der Waals surface area contributed by atoms with Crippen LogP contribution in [0.4, 0.5) is 0 Å². The van der Waals surface area contributed by atoms with Crippen molar-refractivity contribution in [2.75, 3.05) is 13.4 Å². The molecule has 170 valence electrons. The van der Waals surface area contributed by atoms with Crippen molar-refractivity contribution in [1.82, 2.24) is 24.6 Å². The van der Waals surface area contributed by atoms with Gasteiger partial charge in [-0.25, -0.2) is 19.5 Å². The van der Waals surface area contributed by atoms with Gasteiger partial charge in [-0.2, -0.15) is 0 Å². The zero-order chi connectivity index (χ0) is 23.1. The summed E-state index contributed by atoms with van der Waals surface area (Å²) < 4.78 is 20.3. The van der Waals surface area contributed by atoms with E-state index in [0.717, 1.165) is 25.6 Å². The van der Waals surface area contributed by atoms with Crippen LogP contribution in [0, 0.1) is 0 Å². The zero-order valence-corrected chi connectivity index (χ0v) is 20.5. The molecule has 4 aromatic heterocycles. The second kappa shape index (κ2) is 8.75. The Bertz CT molecular complexity index is 1570. The Hall–Kier alpha value is -3.41. The van der Waals surface area contributed by atoms with Gasteiger partial charge >= 0.3 is 0 Å². The van der Waals surface area contributed by atoms with Gasteiger partial charge in [0.2, 0.25) is 10.9 Å². The lowest BCUT2D eigenvalue weighted by molar-refractivity contribution is 0.303. The average Bonchev–Trinajstić information content (AvgIpc) is 3.65. The van der Waals surface area contributed by atoms with Crippen LogP contribution in [-0.4, -0.2) is 37.9 Å². The highest BCUT2D eigenvalue weighted by Crippen LogP contribution is 2.35. The summed E-state index contributed by atoms with van der Waals surface area (Å²) in [5, 5.41) is 7.44. The van der Waals surface area contributed by atoms with Crippen molar-refractivity contribution in [3.05, 3.63) is 59.7 Å². The molecule has 0 N–H and O–H groups in total. The summed E-state index contributed by atoms with van der Waals surface area (Å²) in [6.07, 6.45) is 3.80. The van der Waals surface area contributed by atoms with E-state index in [1.165, 1.54) is 11.3 Å². The fourth-order valence-corrected chi connectivity index (χ4v) is 5.57. The second-order valence-electron chi connectivity index (χ2n) is 7.22. The molecule has 8 nitrogen and oxygen atoms in total. The summed E-state index contributed by atoms with van der Waals surface area (Å²) in [5.74, 6) is 1.57. The van der Waals surface area contributed by atoms with E-state index in [1.54, 1.807) is 46.9 Å². The van der Waals surface area contributed by atoms with E-state index in [-0.39, 0.29) is 0 Å². The Balaban J connectivity index is 1.30. The van der Waals surface area contributed by atoms with Crippen molar-refractivity contribution >= 4 is 50.5 Å². The Labute approximate surface area is 206 Å². The third kappa shape index (κ3) is 3.91. The molecule has 0 bridgehead atoms. The number of imidazole rings is 1. The number of aromatic nitrogens is 5. The Morgan fingerprint density at radius 2 is 2.00 bits per heavy atom. The number of ether oxygens (including phenoxy) is 2. The number of benzene rings is 2. The predicted octanol–water partition coefficient (Wildman–Crippen LogP) is 6.03. The van der Waals surface area contributed by atoms with Crippen LogP contribution in [0.25, 0.3) is 38.2 Å². The van der Waals surface area contributed by atoms with Gasteiger partial charge in [0.05, 0.1) is 19.0 Å². The number of methoxy groups -OCH3 is 1. The fourth-order valence-electron chi connectivity index (χ4n) is 3.42. The van der Waals surface area contributed by atoms with Gasteiger partial charge in [0, 0.05) is 23.1 Å². The van der Waals surface area contributed by atoms with Gasteiger partial charge in [-0.05, 0) is 6.26 Å². The summed E-state index contributed by atoms with van der Waals surface area (Å²) in [4.78, 5) is 14.8.